The molecular formula is C25H34N4O6. The normalized spacial score (nSPS) is 10.6. The highest BCUT2D eigenvalue weighted by Gasteiger charge is 2.15. The van der Waals surface area contributed by atoms with E-state index in [1.54, 1.807) is 59.9 Å². The van der Waals surface area contributed by atoms with Crippen molar-refractivity contribution in [2.75, 3.05) is 41.4 Å². The Kier molecular flexibility index (Phi) is 11.8. The third kappa shape index (κ3) is 9.75. The van der Waals surface area contributed by atoms with Crippen molar-refractivity contribution >= 4 is 23.5 Å². The first-order chi connectivity index (χ1) is 16.5. The standard InChI is InChI=1S/C13H18N2O3.C12H16N2O3/c1-5-18-13(17)10-8-11(15(4)9-10)12(16)6-7-14(2)3;1-4-17-12(16)9-7-10(13-8-9)11(15)5-6-14(2)3/h6-9H,5H2,1-4H3;5-8,13H,4H2,1-3H3/b7-6+;6-5+. The molecule has 0 radical (unpaired) electrons. The van der Waals surface area contributed by atoms with Crippen molar-refractivity contribution < 1.29 is 28.7 Å². The molecule has 0 aliphatic carbocycles. The molecule has 0 spiro atoms. The fraction of sp³-hybridized carbons (Fsp3) is 0.360. The van der Waals surface area contributed by atoms with Gasteiger partial charge in [0, 0.05) is 72.2 Å². The SMILES string of the molecule is CCOC(=O)c1c[nH]c(C(=O)/C=C/N(C)C)c1.CCOC(=O)c1cc(C(=O)/C=C/N(C)C)n(C)c1. The second-order valence-corrected chi connectivity index (χ2v) is 7.76. The van der Waals surface area contributed by atoms with E-state index in [4.69, 9.17) is 9.47 Å². The number of ketones is 2. The molecule has 2 aromatic heterocycles. The van der Waals surface area contributed by atoms with Crippen LogP contribution in [0.4, 0.5) is 0 Å². The molecule has 0 atom stereocenters. The fourth-order valence-corrected chi connectivity index (χ4v) is 2.61. The van der Waals surface area contributed by atoms with Crippen LogP contribution in [-0.2, 0) is 16.5 Å². The minimum Gasteiger partial charge on any atom is -0.462 e. The van der Waals surface area contributed by atoms with Gasteiger partial charge in [-0.15, -0.1) is 0 Å². The summed E-state index contributed by atoms with van der Waals surface area (Å²) in [5.41, 5.74) is 1.57. The van der Waals surface area contributed by atoms with Crippen LogP contribution in [0, 0.1) is 0 Å². The summed E-state index contributed by atoms with van der Waals surface area (Å²) in [7, 11) is 9.03. The summed E-state index contributed by atoms with van der Waals surface area (Å²) in [5, 5.41) is 0. The van der Waals surface area contributed by atoms with Gasteiger partial charge in [-0.05, 0) is 26.0 Å². The summed E-state index contributed by atoms with van der Waals surface area (Å²) >= 11 is 0. The van der Waals surface area contributed by atoms with Crippen molar-refractivity contribution in [3.63, 3.8) is 0 Å². The van der Waals surface area contributed by atoms with Gasteiger partial charge in [-0.1, -0.05) is 0 Å². The second kappa shape index (κ2) is 14.2. The predicted octanol–water partition coefficient (Wildman–Crippen LogP) is 2.91. The summed E-state index contributed by atoms with van der Waals surface area (Å²) in [6.45, 7) is 4.11. The Morgan fingerprint density at radius 3 is 1.89 bits per heavy atom. The van der Waals surface area contributed by atoms with Crippen LogP contribution in [0.3, 0.4) is 0 Å². The van der Waals surface area contributed by atoms with Gasteiger partial charge in [0.15, 0.2) is 0 Å². The maximum absolute atomic E-state index is 11.9. The lowest BCUT2D eigenvalue weighted by Gasteiger charge is -2.03. The number of hydrogen-bond acceptors (Lipinski definition) is 8. The number of rotatable bonds is 10. The van der Waals surface area contributed by atoms with Crippen molar-refractivity contribution in [2.45, 2.75) is 13.8 Å². The molecule has 0 saturated heterocycles. The number of carbonyl (C=O) groups excluding carboxylic acids is 4. The van der Waals surface area contributed by atoms with Crippen LogP contribution in [0.25, 0.3) is 0 Å². The lowest BCUT2D eigenvalue weighted by atomic mass is 10.2. The summed E-state index contributed by atoms with van der Waals surface area (Å²) in [6, 6.07) is 3.03. The molecule has 10 heteroatoms. The second-order valence-electron chi connectivity index (χ2n) is 7.76. The number of carbonyl (C=O) groups is 4. The molecular weight excluding hydrogens is 452 g/mol. The fourth-order valence-electron chi connectivity index (χ4n) is 2.61. The number of allylic oxidation sites excluding steroid dienone is 2. The molecule has 1 N–H and O–H groups in total. The first kappa shape index (κ1) is 29.0. The molecule has 0 aromatic carbocycles. The first-order valence-corrected chi connectivity index (χ1v) is 11.0. The van der Waals surface area contributed by atoms with E-state index in [1.807, 2.05) is 28.2 Å². The Labute approximate surface area is 205 Å². The zero-order valence-corrected chi connectivity index (χ0v) is 21.3. The first-order valence-electron chi connectivity index (χ1n) is 11.0. The molecule has 2 rings (SSSR count). The Bertz CT molecular complexity index is 1080. The van der Waals surface area contributed by atoms with Gasteiger partial charge in [-0.3, -0.25) is 9.59 Å². The van der Waals surface area contributed by atoms with Gasteiger partial charge < -0.3 is 28.8 Å². The number of nitrogens with one attached hydrogen (secondary N) is 1. The Morgan fingerprint density at radius 2 is 1.37 bits per heavy atom. The average Bonchev–Trinajstić information content (AvgIpc) is 3.44. The van der Waals surface area contributed by atoms with Gasteiger partial charge in [0.05, 0.1) is 35.7 Å². The van der Waals surface area contributed by atoms with Gasteiger partial charge in [0.1, 0.15) is 0 Å². The van der Waals surface area contributed by atoms with Crippen LogP contribution in [0.1, 0.15) is 55.5 Å². The van der Waals surface area contributed by atoms with Crippen LogP contribution < -0.4 is 0 Å². The van der Waals surface area contributed by atoms with E-state index in [0.717, 1.165) is 0 Å². The molecule has 190 valence electrons. The molecule has 2 aromatic rings. The molecule has 35 heavy (non-hydrogen) atoms. The lowest BCUT2D eigenvalue weighted by molar-refractivity contribution is 0.0517. The summed E-state index contributed by atoms with van der Waals surface area (Å²) in [5.74, 6) is -1.18. The van der Waals surface area contributed by atoms with Crippen LogP contribution >= 0.6 is 0 Å². The molecule has 10 nitrogen and oxygen atoms in total. The Hall–Kier alpha value is -4.08. The number of nitrogens with zero attached hydrogens (tertiary/aromatic N) is 3. The van der Waals surface area contributed by atoms with E-state index in [9.17, 15) is 19.2 Å². The molecule has 0 bridgehead atoms. The third-order valence-corrected chi connectivity index (χ3v) is 4.28. The number of ether oxygens (including phenoxy) is 2. The summed E-state index contributed by atoms with van der Waals surface area (Å²) in [4.78, 5) is 52.7. The minimum atomic E-state index is -0.431. The van der Waals surface area contributed by atoms with E-state index < -0.39 is 11.9 Å². The molecule has 0 aliphatic rings. The van der Waals surface area contributed by atoms with E-state index in [0.29, 0.717) is 35.7 Å². The number of aryl methyl sites for hydroxylation is 1. The number of aromatic amines is 1. The van der Waals surface area contributed by atoms with E-state index in [-0.39, 0.29) is 11.6 Å². The molecule has 0 fully saturated rings. The summed E-state index contributed by atoms with van der Waals surface area (Å²) in [6.07, 6.45) is 9.26. The number of H-pyrrole nitrogens is 1. The van der Waals surface area contributed by atoms with Gasteiger partial charge in [-0.2, -0.15) is 0 Å². The highest BCUT2D eigenvalue weighted by molar-refractivity contribution is 6.05. The molecule has 0 aliphatic heterocycles. The zero-order chi connectivity index (χ0) is 26.5. The van der Waals surface area contributed by atoms with Crippen LogP contribution in [0.5, 0.6) is 0 Å². The smallest absolute Gasteiger partial charge is 0.339 e. The molecule has 0 amide bonds. The highest BCUT2D eigenvalue weighted by Crippen LogP contribution is 2.10. The van der Waals surface area contributed by atoms with Crippen molar-refractivity contribution in [3.8, 4) is 0 Å². The number of hydrogen-bond donors (Lipinski definition) is 1. The monoisotopic (exact) mass is 486 g/mol. The van der Waals surface area contributed by atoms with Gasteiger partial charge in [-0.25, -0.2) is 9.59 Å². The quantitative estimate of drug-likeness (QED) is 0.310. The zero-order valence-electron chi connectivity index (χ0n) is 21.3. The van der Waals surface area contributed by atoms with Crippen LogP contribution in [0.15, 0.2) is 49.1 Å². The maximum atomic E-state index is 11.9. The van der Waals surface area contributed by atoms with Crippen molar-refractivity contribution in [3.05, 3.63) is 71.6 Å². The van der Waals surface area contributed by atoms with E-state index in [1.165, 1.54) is 24.4 Å². The van der Waals surface area contributed by atoms with Gasteiger partial charge in [0.2, 0.25) is 11.6 Å². The molecule has 0 unspecified atom stereocenters. The predicted molar refractivity (Wildman–Crippen MR) is 132 cm³/mol. The number of aromatic nitrogens is 2. The largest absolute Gasteiger partial charge is 0.462 e. The number of esters is 2. The summed E-state index contributed by atoms with van der Waals surface area (Å²) < 4.78 is 11.3. The maximum Gasteiger partial charge on any atom is 0.339 e. The highest BCUT2D eigenvalue weighted by atomic mass is 16.5. The van der Waals surface area contributed by atoms with Crippen LogP contribution in [-0.4, -0.2) is 84.3 Å². The Balaban J connectivity index is 0.000000351. The van der Waals surface area contributed by atoms with Gasteiger partial charge in [0.25, 0.3) is 0 Å². The lowest BCUT2D eigenvalue weighted by Crippen LogP contribution is -2.05. The molecule has 2 heterocycles. The van der Waals surface area contributed by atoms with Gasteiger partial charge >= 0.3 is 11.9 Å². The minimum absolute atomic E-state index is 0.151. The van der Waals surface area contributed by atoms with E-state index in [2.05, 4.69) is 4.98 Å². The molecule has 0 saturated carbocycles. The van der Waals surface area contributed by atoms with E-state index >= 15 is 0 Å². The van der Waals surface area contributed by atoms with Crippen molar-refractivity contribution in [1.82, 2.24) is 19.4 Å². The third-order valence-electron chi connectivity index (χ3n) is 4.28. The average molecular weight is 487 g/mol. The Morgan fingerprint density at radius 1 is 0.857 bits per heavy atom. The van der Waals surface area contributed by atoms with Crippen molar-refractivity contribution in [1.29, 1.82) is 0 Å². The topological polar surface area (TPSA) is 114 Å². The van der Waals surface area contributed by atoms with Crippen molar-refractivity contribution in [2.24, 2.45) is 7.05 Å². The van der Waals surface area contributed by atoms with Crippen LogP contribution in [0.2, 0.25) is 0 Å².